The van der Waals surface area contributed by atoms with Crippen LogP contribution in [0.5, 0.6) is 0 Å². The van der Waals surface area contributed by atoms with Crippen molar-refractivity contribution in [3.63, 3.8) is 0 Å². The number of aliphatic carboxylic acids is 1. The number of fused-ring (bicyclic) bond motifs is 2. The van der Waals surface area contributed by atoms with Crippen molar-refractivity contribution in [1.82, 2.24) is 0 Å². The van der Waals surface area contributed by atoms with Gasteiger partial charge < -0.3 is 20.0 Å². The smallest absolute Gasteiger partial charge is 0.341 e. The molecule has 4 atom stereocenters. The topological polar surface area (TPSA) is 95.5 Å². The zero-order valence-corrected chi connectivity index (χ0v) is 15.6. The minimum absolute atomic E-state index is 0.0935. The van der Waals surface area contributed by atoms with Crippen molar-refractivity contribution in [3.8, 4) is 0 Å². The third-order valence-corrected chi connectivity index (χ3v) is 6.16. The van der Waals surface area contributed by atoms with E-state index in [2.05, 4.69) is 5.32 Å². The van der Waals surface area contributed by atoms with Crippen LogP contribution in [0.1, 0.15) is 41.9 Å². The van der Waals surface area contributed by atoms with E-state index in [0.29, 0.717) is 17.0 Å². The summed E-state index contributed by atoms with van der Waals surface area (Å²) in [4.78, 5) is 37.5. The summed E-state index contributed by atoms with van der Waals surface area (Å²) in [5, 5.41) is 14.7. The van der Waals surface area contributed by atoms with Crippen LogP contribution in [0.2, 0.25) is 0 Å². The number of ether oxygens (including phenoxy) is 1. The van der Waals surface area contributed by atoms with Crippen molar-refractivity contribution < 1.29 is 24.2 Å². The number of carboxylic acids is 1. The number of rotatable bonds is 7. The molecule has 1 amide bonds. The molecule has 0 saturated heterocycles. The number of allylic oxidation sites excluding steroid dienone is 2. The van der Waals surface area contributed by atoms with Crippen LogP contribution < -0.4 is 10.4 Å². The van der Waals surface area contributed by atoms with Gasteiger partial charge in [-0.15, -0.1) is 11.3 Å². The van der Waals surface area contributed by atoms with Gasteiger partial charge in [0, 0.05) is 16.8 Å². The highest BCUT2D eigenvalue weighted by atomic mass is 32.1. The lowest BCUT2D eigenvalue weighted by atomic mass is 9.82. The van der Waals surface area contributed by atoms with Crippen molar-refractivity contribution in [1.29, 1.82) is 0 Å². The molecule has 1 N–H and O–H groups in total. The van der Waals surface area contributed by atoms with Gasteiger partial charge in [0.05, 0.1) is 18.1 Å². The van der Waals surface area contributed by atoms with Crippen LogP contribution in [0, 0.1) is 23.7 Å². The summed E-state index contributed by atoms with van der Waals surface area (Å²) in [6.45, 7) is 4.00. The zero-order chi connectivity index (χ0) is 18.8. The van der Waals surface area contributed by atoms with Crippen LogP contribution in [0.15, 0.2) is 18.2 Å². The van der Waals surface area contributed by atoms with Crippen molar-refractivity contribution in [2.45, 2.75) is 33.1 Å². The Bertz CT molecular complexity index is 753. The molecule has 7 heteroatoms. The second-order valence-electron chi connectivity index (χ2n) is 6.73. The molecular formula is C19H22NO5S-. The van der Waals surface area contributed by atoms with Crippen molar-refractivity contribution in [2.75, 3.05) is 11.9 Å². The standard InChI is InChI=1S/C19H23NO5S/c1-3-5-12-9-13(19(24)25-4-2)17(26-12)20-16(21)14-10-6-7-11(8-10)15(14)18(22)23/h6-7,9-11,14-15H,3-5,8H2,1-2H3,(H,20,21)(H,22,23)/p-1/t10-,11-,14+,15+/m1/s1. The Morgan fingerprint density at radius 2 is 1.92 bits per heavy atom. The highest BCUT2D eigenvalue weighted by Gasteiger charge is 2.48. The van der Waals surface area contributed by atoms with Gasteiger partial charge in [-0.1, -0.05) is 25.5 Å². The third kappa shape index (κ3) is 3.40. The highest BCUT2D eigenvalue weighted by Crippen LogP contribution is 2.48. The molecule has 1 saturated carbocycles. The van der Waals surface area contributed by atoms with E-state index >= 15 is 0 Å². The van der Waals surface area contributed by atoms with Crippen molar-refractivity contribution in [3.05, 3.63) is 28.7 Å². The number of carboxylic acid groups (broad SMARTS) is 1. The Morgan fingerprint density at radius 3 is 2.54 bits per heavy atom. The van der Waals surface area contributed by atoms with E-state index in [-0.39, 0.29) is 24.3 Å². The number of carbonyl (C=O) groups excluding carboxylic acids is 3. The Morgan fingerprint density at radius 1 is 1.23 bits per heavy atom. The summed E-state index contributed by atoms with van der Waals surface area (Å²) in [6.07, 6.45) is 6.15. The molecule has 0 aromatic carbocycles. The molecule has 1 aromatic heterocycles. The van der Waals surface area contributed by atoms with E-state index in [0.717, 1.165) is 17.7 Å². The molecule has 26 heavy (non-hydrogen) atoms. The Kier molecular flexibility index (Phi) is 5.46. The molecule has 1 heterocycles. The molecule has 2 aliphatic carbocycles. The molecule has 2 aliphatic rings. The fourth-order valence-corrected chi connectivity index (χ4v) is 5.11. The van der Waals surface area contributed by atoms with Crippen LogP contribution in [0.3, 0.4) is 0 Å². The monoisotopic (exact) mass is 376 g/mol. The second-order valence-corrected chi connectivity index (χ2v) is 7.87. The fraction of sp³-hybridized carbons (Fsp3) is 0.526. The third-order valence-electron chi connectivity index (χ3n) is 5.05. The molecule has 0 radical (unpaired) electrons. The maximum Gasteiger partial charge on any atom is 0.341 e. The van der Waals surface area contributed by atoms with Crippen molar-refractivity contribution >= 4 is 34.2 Å². The number of amides is 1. The van der Waals surface area contributed by atoms with Gasteiger partial charge in [-0.2, -0.15) is 0 Å². The summed E-state index contributed by atoms with van der Waals surface area (Å²) < 4.78 is 5.08. The summed E-state index contributed by atoms with van der Waals surface area (Å²) in [6, 6.07) is 1.75. The van der Waals surface area contributed by atoms with Gasteiger partial charge >= 0.3 is 5.97 Å². The normalized spacial score (nSPS) is 26.1. The van der Waals surface area contributed by atoms with E-state index in [9.17, 15) is 19.5 Å². The number of carbonyl (C=O) groups is 3. The predicted molar refractivity (Wildman–Crippen MR) is 95.6 cm³/mol. The maximum atomic E-state index is 12.8. The quantitative estimate of drug-likeness (QED) is 0.580. The van der Waals surface area contributed by atoms with Crippen molar-refractivity contribution in [2.24, 2.45) is 23.7 Å². The number of hydrogen-bond donors (Lipinski definition) is 1. The van der Waals surface area contributed by atoms with E-state index in [1.54, 1.807) is 13.0 Å². The second kappa shape index (κ2) is 7.61. The first kappa shape index (κ1) is 18.6. The lowest BCUT2D eigenvalue weighted by Gasteiger charge is -2.27. The molecule has 6 nitrogen and oxygen atoms in total. The highest BCUT2D eigenvalue weighted by molar-refractivity contribution is 7.16. The van der Waals surface area contributed by atoms with E-state index in [1.165, 1.54) is 11.3 Å². The van der Waals surface area contributed by atoms with Gasteiger partial charge in [-0.3, -0.25) is 4.79 Å². The number of thiophene rings is 1. The number of esters is 1. The van der Waals surface area contributed by atoms with Gasteiger partial charge in [0.15, 0.2) is 0 Å². The first-order valence-electron chi connectivity index (χ1n) is 8.96. The molecular weight excluding hydrogens is 354 g/mol. The molecule has 2 bridgehead atoms. The van der Waals surface area contributed by atoms with E-state index in [4.69, 9.17) is 4.74 Å². The average molecular weight is 376 g/mol. The average Bonchev–Trinajstić information content (AvgIpc) is 3.29. The van der Waals surface area contributed by atoms with E-state index in [1.807, 2.05) is 19.1 Å². The van der Waals surface area contributed by atoms with Crippen LogP contribution in [0.25, 0.3) is 0 Å². The summed E-state index contributed by atoms with van der Waals surface area (Å²) in [5.41, 5.74) is 0.331. The van der Waals surface area contributed by atoms with E-state index < -0.39 is 23.8 Å². The Labute approximate surface area is 156 Å². The SMILES string of the molecule is CCCc1cc(C(=O)OCC)c(NC(=O)[C@@H]2[C@@H](C(=O)[O-])[C@@H]3C=C[C@@H]2C3)s1. The number of hydrogen-bond acceptors (Lipinski definition) is 6. The first-order chi connectivity index (χ1) is 12.5. The van der Waals surface area contributed by atoms with Gasteiger partial charge in [-0.25, -0.2) is 4.79 Å². The van der Waals surface area contributed by atoms with Gasteiger partial charge in [0.2, 0.25) is 5.91 Å². The molecule has 1 fully saturated rings. The molecule has 0 spiro atoms. The van der Waals surface area contributed by atoms with Gasteiger partial charge in [0.25, 0.3) is 0 Å². The Balaban J connectivity index is 1.83. The summed E-state index contributed by atoms with van der Waals surface area (Å²) in [7, 11) is 0. The van der Waals surface area contributed by atoms with Crippen LogP contribution >= 0.6 is 11.3 Å². The van der Waals surface area contributed by atoms with Crippen LogP contribution in [-0.2, 0) is 20.7 Å². The first-order valence-corrected chi connectivity index (χ1v) is 9.77. The van der Waals surface area contributed by atoms with Crippen LogP contribution in [-0.4, -0.2) is 24.5 Å². The predicted octanol–water partition coefficient (Wildman–Crippen LogP) is 2.00. The summed E-state index contributed by atoms with van der Waals surface area (Å²) >= 11 is 1.34. The molecule has 0 unspecified atom stereocenters. The van der Waals surface area contributed by atoms with Gasteiger partial charge in [-0.05, 0) is 37.7 Å². The molecule has 3 rings (SSSR count). The number of aryl methyl sites for hydroxylation is 1. The number of nitrogens with one attached hydrogen (secondary N) is 1. The maximum absolute atomic E-state index is 12.8. The molecule has 0 aliphatic heterocycles. The largest absolute Gasteiger partial charge is 0.550 e. The minimum Gasteiger partial charge on any atom is -0.550 e. The number of anilines is 1. The van der Waals surface area contributed by atoms with Crippen LogP contribution in [0.4, 0.5) is 5.00 Å². The fourth-order valence-electron chi connectivity index (χ4n) is 3.96. The molecule has 140 valence electrons. The minimum atomic E-state index is -1.19. The van der Waals surface area contributed by atoms with Gasteiger partial charge in [0.1, 0.15) is 5.00 Å². The molecule has 1 aromatic rings. The lowest BCUT2D eigenvalue weighted by Crippen LogP contribution is -2.42. The zero-order valence-electron chi connectivity index (χ0n) is 14.8. The lowest BCUT2D eigenvalue weighted by molar-refractivity contribution is -0.313. The Hall–Kier alpha value is -2.15. The summed E-state index contributed by atoms with van der Waals surface area (Å²) in [5.74, 6) is -3.76.